The summed E-state index contributed by atoms with van der Waals surface area (Å²) in [6, 6.07) is 6.45. The predicted octanol–water partition coefficient (Wildman–Crippen LogP) is 3.38. The summed E-state index contributed by atoms with van der Waals surface area (Å²) in [4.78, 5) is 13.4. The number of nitrogens with zero attached hydrogens (tertiary/aromatic N) is 4. The van der Waals surface area contributed by atoms with Crippen molar-refractivity contribution >= 4 is 37.6 Å². The molecule has 0 saturated heterocycles. The fourth-order valence-electron chi connectivity index (χ4n) is 2.50. The first kappa shape index (κ1) is 20.4. The van der Waals surface area contributed by atoms with Crippen molar-refractivity contribution in [3.05, 3.63) is 47.0 Å². The molecule has 2 heterocycles. The Morgan fingerprint density at radius 2 is 1.86 bits per heavy atom. The third kappa shape index (κ3) is 4.40. The Balaban J connectivity index is 1.83. The molecule has 0 saturated carbocycles. The Labute approximate surface area is 172 Å². The lowest BCUT2D eigenvalue weighted by atomic mass is 10.3. The van der Waals surface area contributed by atoms with Crippen LogP contribution in [0.3, 0.4) is 0 Å². The zero-order valence-electron chi connectivity index (χ0n) is 15.8. The first-order valence-electron chi connectivity index (χ1n) is 8.70. The van der Waals surface area contributed by atoms with Crippen LogP contribution in [0.1, 0.15) is 19.2 Å². The maximum absolute atomic E-state index is 12.2. The number of anilines is 2. The van der Waals surface area contributed by atoms with E-state index in [4.69, 9.17) is 0 Å². The lowest BCUT2D eigenvalue weighted by Gasteiger charge is -2.10. The Bertz CT molecular complexity index is 1080. The zero-order chi connectivity index (χ0) is 20.3. The number of sulfonamides is 1. The highest BCUT2D eigenvalue weighted by atomic mass is 79.9. The number of aromatic nitrogens is 4. The molecule has 0 aliphatic rings. The summed E-state index contributed by atoms with van der Waals surface area (Å²) in [5.41, 5.74) is 2.26. The molecule has 0 amide bonds. The lowest BCUT2D eigenvalue weighted by molar-refractivity contribution is 0.581. The second-order valence-corrected chi connectivity index (χ2v) is 8.81. The largest absolute Gasteiger partial charge is 0.330 e. The van der Waals surface area contributed by atoms with Crippen LogP contribution in [-0.2, 0) is 17.1 Å². The fraction of sp³-hybridized carbons (Fsp3) is 0.278. The van der Waals surface area contributed by atoms with Crippen LogP contribution in [0.2, 0.25) is 0 Å². The molecule has 3 aromatic rings. The molecular formula is C18H21BrN6O2S. The first-order valence-corrected chi connectivity index (χ1v) is 11.0. The van der Waals surface area contributed by atoms with Gasteiger partial charge in [-0.1, -0.05) is 6.92 Å². The van der Waals surface area contributed by atoms with Gasteiger partial charge in [-0.25, -0.2) is 28.1 Å². The maximum Gasteiger partial charge on any atom is 0.240 e. The van der Waals surface area contributed by atoms with E-state index in [2.05, 4.69) is 40.9 Å². The van der Waals surface area contributed by atoms with Crippen LogP contribution in [0, 0.1) is 6.92 Å². The van der Waals surface area contributed by atoms with Crippen molar-refractivity contribution in [3.8, 4) is 11.4 Å². The highest BCUT2D eigenvalue weighted by Crippen LogP contribution is 2.27. The van der Waals surface area contributed by atoms with Crippen LogP contribution in [0.15, 0.2) is 46.0 Å². The molecule has 0 aliphatic heterocycles. The summed E-state index contributed by atoms with van der Waals surface area (Å²) >= 11 is 3.48. The van der Waals surface area contributed by atoms with Crippen LogP contribution in [0.4, 0.5) is 11.6 Å². The van der Waals surface area contributed by atoms with Crippen molar-refractivity contribution in [2.24, 2.45) is 7.05 Å². The number of rotatable bonds is 7. The second-order valence-electron chi connectivity index (χ2n) is 6.19. The van der Waals surface area contributed by atoms with E-state index in [1.807, 2.05) is 25.5 Å². The van der Waals surface area contributed by atoms with Crippen molar-refractivity contribution < 1.29 is 8.42 Å². The van der Waals surface area contributed by atoms with E-state index < -0.39 is 10.0 Å². The van der Waals surface area contributed by atoms with E-state index in [1.54, 1.807) is 36.7 Å². The van der Waals surface area contributed by atoms with Gasteiger partial charge in [-0.15, -0.1) is 0 Å². The average Bonchev–Trinajstić information content (AvgIpc) is 3.01. The summed E-state index contributed by atoms with van der Waals surface area (Å²) in [6.07, 6.45) is 4.16. The summed E-state index contributed by atoms with van der Waals surface area (Å²) in [6.45, 7) is 4.24. The third-order valence-corrected chi connectivity index (χ3v) is 6.23. The summed E-state index contributed by atoms with van der Waals surface area (Å²) < 4.78 is 29.6. The van der Waals surface area contributed by atoms with Gasteiger partial charge in [0.25, 0.3) is 0 Å². The van der Waals surface area contributed by atoms with Gasteiger partial charge < -0.3 is 9.88 Å². The average molecular weight is 465 g/mol. The number of imidazole rings is 1. The normalized spacial score (nSPS) is 11.6. The van der Waals surface area contributed by atoms with Crippen molar-refractivity contribution in [3.63, 3.8) is 0 Å². The molecule has 2 N–H and O–H groups in total. The van der Waals surface area contributed by atoms with Crippen LogP contribution < -0.4 is 10.0 Å². The molecule has 0 unspecified atom stereocenters. The molecule has 1 aromatic carbocycles. The number of hydrogen-bond acceptors (Lipinski definition) is 6. The van der Waals surface area contributed by atoms with Crippen LogP contribution in [-0.4, -0.2) is 34.5 Å². The highest BCUT2D eigenvalue weighted by molar-refractivity contribution is 9.10. The van der Waals surface area contributed by atoms with Gasteiger partial charge in [0.2, 0.25) is 16.0 Å². The molecule has 28 heavy (non-hydrogen) atoms. The number of hydrogen-bond donors (Lipinski definition) is 2. The van der Waals surface area contributed by atoms with E-state index in [0.29, 0.717) is 23.9 Å². The molecule has 3 rings (SSSR count). The summed E-state index contributed by atoms with van der Waals surface area (Å²) in [5, 5.41) is 3.10. The van der Waals surface area contributed by atoms with Crippen molar-refractivity contribution in [2.75, 3.05) is 11.9 Å². The standard InChI is InChI=1S/C18H21BrN6O2S/c1-4-9-22-28(26,27)14-7-5-13(6-8-14)23-18-21-10-15(19)17(24-18)16-11-20-12(2)25(16)3/h5-8,10-11,22H,4,9H2,1-3H3,(H,21,23,24). The molecular weight excluding hydrogens is 444 g/mol. The number of halogens is 1. The quantitative estimate of drug-likeness (QED) is 0.555. The Morgan fingerprint density at radius 1 is 1.14 bits per heavy atom. The minimum Gasteiger partial charge on any atom is -0.330 e. The number of benzene rings is 1. The van der Waals surface area contributed by atoms with Crippen molar-refractivity contribution in [1.29, 1.82) is 0 Å². The minimum absolute atomic E-state index is 0.217. The van der Waals surface area contributed by atoms with Crippen LogP contribution in [0.5, 0.6) is 0 Å². The molecule has 10 heteroatoms. The molecule has 0 spiro atoms. The Kier molecular flexibility index (Phi) is 6.11. The molecule has 0 radical (unpaired) electrons. The van der Waals surface area contributed by atoms with Gasteiger partial charge in [-0.2, -0.15) is 0 Å². The van der Waals surface area contributed by atoms with E-state index in [0.717, 1.165) is 22.4 Å². The van der Waals surface area contributed by atoms with Crippen LogP contribution in [0.25, 0.3) is 11.4 Å². The lowest BCUT2D eigenvalue weighted by Crippen LogP contribution is -2.24. The van der Waals surface area contributed by atoms with Gasteiger partial charge in [0, 0.05) is 25.5 Å². The van der Waals surface area contributed by atoms with Gasteiger partial charge >= 0.3 is 0 Å². The third-order valence-electron chi connectivity index (χ3n) is 4.17. The van der Waals surface area contributed by atoms with E-state index in [9.17, 15) is 8.42 Å². The predicted molar refractivity (Wildman–Crippen MR) is 112 cm³/mol. The Hall–Kier alpha value is -2.30. The van der Waals surface area contributed by atoms with Gasteiger partial charge in [-0.05, 0) is 53.5 Å². The summed E-state index contributed by atoms with van der Waals surface area (Å²) in [7, 11) is -1.57. The molecule has 148 valence electrons. The zero-order valence-corrected chi connectivity index (χ0v) is 18.2. The topological polar surface area (TPSA) is 102 Å². The molecule has 8 nitrogen and oxygen atoms in total. The molecule has 2 aromatic heterocycles. The van der Waals surface area contributed by atoms with E-state index >= 15 is 0 Å². The van der Waals surface area contributed by atoms with Gasteiger partial charge in [0.15, 0.2) is 0 Å². The first-order chi connectivity index (χ1) is 13.3. The SMILES string of the molecule is CCCNS(=O)(=O)c1ccc(Nc2ncc(Br)c(-c3cnc(C)n3C)n2)cc1. The number of aryl methyl sites for hydroxylation is 1. The molecule has 0 aliphatic carbocycles. The molecule has 0 atom stereocenters. The van der Waals surface area contributed by atoms with E-state index in [1.165, 1.54) is 0 Å². The fourth-order valence-corrected chi connectivity index (χ4v) is 4.02. The number of nitrogens with one attached hydrogen (secondary N) is 2. The second kappa shape index (κ2) is 8.38. The summed E-state index contributed by atoms with van der Waals surface area (Å²) in [5.74, 6) is 1.28. The van der Waals surface area contributed by atoms with Gasteiger partial charge in [0.1, 0.15) is 11.5 Å². The van der Waals surface area contributed by atoms with Crippen molar-refractivity contribution in [2.45, 2.75) is 25.2 Å². The van der Waals surface area contributed by atoms with Gasteiger partial charge in [0.05, 0.1) is 21.3 Å². The highest BCUT2D eigenvalue weighted by Gasteiger charge is 2.14. The van der Waals surface area contributed by atoms with Crippen LogP contribution >= 0.6 is 15.9 Å². The minimum atomic E-state index is -3.49. The smallest absolute Gasteiger partial charge is 0.240 e. The molecule has 0 fully saturated rings. The Morgan fingerprint density at radius 3 is 2.46 bits per heavy atom. The molecule has 0 bridgehead atoms. The monoisotopic (exact) mass is 464 g/mol. The maximum atomic E-state index is 12.2. The van der Waals surface area contributed by atoms with Crippen molar-refractivity contribution in [1.82, 2.24) is 24.2 Å². The van der Waals surface area contributed by atoms with Gasteiger partial charge in [-0.3, -0.25) is 0 Å². The van der Waals surface area contributed by atoms with E-state index in [-0.39, 0.29) is 4.90 Å².